The van der Waals surface area contributed by atoms with Gasteiger partial charge in [-0.2, -0.15) is 0 Å². The van der Waals surface area contributed by atoms with E-state index in [1.54, 1.807) is 18.2 Å². The van der Waals surface area contributed by atoms with Gasteiger partial charge in [-0.3, -0.25) is 9.36 Å². The van der Waals surface area contributed by atoms with E-state index >= 15 is 0 Å². The fourth-order valence-electron chi connectivity index (χ4n) is 2.59. The van der Waals surface area contributed by atoms with Gasteiger partial charge >= 0.3 is 5.76 Å². The molecule has 23 heavy (non-hydrogen) atoms. The molecule has 5 nitrogen and oxygen atoms in total. The van der Waals surface area contributed by atoms with E-state index in [4.69, 9.17) is 16.0 Å². The number of rotatable bonds is 8. The maximum Gasteiger partial charge on any atom is 0.420 e. The number of aromatic nitrogens is 1. The summed E-state index contributed by atoms with van der Waals surface area (Å²) in [5.41, 5.74) is 0.970. The van der Waals surface area contributed by atoms with Gasteiger partial charge in [-0.25, -0.2) is 4.79 Å². The van der Waals surface area contributed by atoms with E-state index in [2.05, 4.69) is 19.2 Å². The summed E-state index contributed by atoms with van der Waals surface area (Å²) in [5.74, 6) is -0.245. The fraction of sp³-hybridized carbons (Fsp3) is 0.529. The highest BCUT2D eigenvalue weighted by Gasteiger charge is 2.14. The highest BCUT2D eigenvalue weighted by atomic mass is 35.5. The number of nitrogens with zero attached hydrogens (tertiary/aromatic N) is 1. The van der Waals surface area contributed by atoms with E-state index in [9.17, 15) is 9.59 Å². The van der Waals surface area contributed by atoms with Crippen LogP contribution in [0.3, 0.4) is 0 Å². The zero-order valence-electron chi connectivity index (χ0n) is 13.6. The molecular formula is C17H23ClN2O3. The number of hydrogen-bond acceptors (Lipinski definition) is 3. The zero-order chi connectivity index (χ0) is 16.8. The summed E-state index contributed by atoms with van der Waals surface area (Å²) in [6.07, 6.45) is 4.47. The standard InChI is InChI=1S/C17H23ClN2O3/c1-3-5-6-12(4-2)10-19-16(21)11-20-14-8-7-13(18)9-15(14)23-17(20)22/h7-9,12H,3-6,10-11H2,1-2H3,(H,19,21)/t12-/m0/s1. The molecular weight excluding hydrogens is 316 g/mol. The molecule has 0 bridgehead atoms. The number of amides is 1. The highest BCUT2D eigenvalue weighted by molar-refractivity contribution is 6.31. The van der Waals surface area contributed by atoms with E-state index < -0.39 is 5.76 Å². The fourth-order valence-corrected chi connectivity index (χ4v) is 2.75. The lowest BCUT2D eigenvalue weighted by Crippen LogP contribution is -2.34. The monoisotopic (exact) mass is 338 g/mol. The quantitative estimate of drug-likeness (QED) is 0.800. The topological polar surface area (TPSA) is 64.2 Å². The maximum atomic E-state index is 12.1. The van der Waals surface area contributed by atoms with Gasteiger partial charge in [0.1, 0.15) is 6.54 Å². The minimum atomic E-state index is -0.546. The van der Waals surface area contributed by atoms with Crippen molar-refractivity contribution in [1.29, 1.82) is 0 Å². The average Bonchev–Trinajstić information content (AvgIpc) is 2.82. The largest absolute Gasteiger partial charge is 0.420 e. The SMILES string of the molecule is CCCC[C@H](CC)CNC(=O)Cn1c(=O)oc2cc(Cl)ccc21. The van der Waals surface area contributed by atoms with E-state index in [0.717, 1.165) is 19.3 Å². The van der Waals surface area contributed by atoms with Crippen LogP contribution in [-0.2, 0) is 11.3 Å². The van der Waals surface area contributed by atoms with Crippen LogP contribution in [0.2, 0.25) is 5.02 Å². The van der Waals surface area contributed by atoms with Crippen molar-refractivity contribution in [2.75, 3.05) is 6.54 Å². The number of carbonyl (C=O) groups is 1. The molecule has 0 saturated carbocycles. The van der Waals surface area contributed by atoms with Gasteiger partial charge in [-0.05, 0) is 24.5 Å². The third kappa shape index (κ3) is 4.61. The predicted molar refractivity (Wildman–Crippen MR) is 91.8 cm³/mol. The molecule has 1 aromatic carbocycles. The molecule has 1 heterocycles. The zero-order valence-corrected chi connectivity index (χ0v) is 14.4. The summed E-state index contributed by atoms with van der Waals surface area (Å²) >= 11 is 5.88. The number of benzene rings is 1. The molecule has 1 atom stereocenters. The molecule has 0 aliphatic heterocycles. The lowest BCUT2D eigenvalue weighted by atomic mass is 9.99. The van der Waals surface area contributed by atoms with Crippen LogP contribution in [0.15, 0.2) is 27.4 Å². The van der Waals surface area contributed by atoms with Crippen LogP contribution in [0.5, 0.6) is 0 Å². The van der Waals surface area contributed by atoms with Crippen molar-refractivity contribution in [3.8, 4) is 0 Å². The average molecular weight is 339 g/mol. The Labute approximate surface area is 140 Å². The molecule has 2 aromatic rings. The first-order chi connectivity index (χ1) is 11.0. The Morgan fingerprint density at radius 3 is 2.87 bits per heavy atom. The summed E-state index contributed by atoms with van der Waals surface area (Å²) in [6.45, 7) is 4.89. The van der Waals surface area contributed by atoms with Crippen molar-refractivity contribution in [3.63, 3.8) is 0 Å². The van der Waals surface area contributed by atoms with Crippen molar-refractivity contribution in [2.45, 2.75) is 46.1 Å². The molecule has 0 spiro atoms. The molecule has 2 rings (SSSR count). The van der Waals surface area contributed by atoms with Crippen molar-refractivity contribution < 1.29 is 9.21 Å². The minimum absolute atomic E-state index is 0.0440. The van der Waals surface area contributed by atoms with Crippen molar-refractivity contribution >= 4 is 28.6 Å². The summed E-state index contributed by atoms with van der Waals surface area (Å²) < 4.78 is 6.45. The Morgan fingerprint density at radius 1 is 1.39 bits per heavy atom. The number of unbranched alkanes of at least 4 members (excludes halogenated alkanes) is 1. The van der Waals surface area contributed by atoms with Crippen LogP contribution in [0.4, 0.5) is 0 Å². The molecule has 0 aliphatic carbocycles. The van der Waals surface area contributed by atoms with E-state index in [0.29, 0.717) is 28.6 Å². The van der Waals surface area contributed by atoms with Crippen LogP contribution in [0, 0.1) is 5.92 Å². The number of fused-ring (bicyclic) bond motifs is 1. The lowest BCUT2D eigenvalue weighted by molar-refractivity contribution is -0.121. The van der Waals surface area contributed by atoms with Gasteiger partial charge in [0.25, 0.3) is 0 Å². The number of nitrogens with one attached hydrogen (secondary N) is 1. The van der Waals surface area contributed by atoms with Gasteiger partial charge in [0.2, 0.25) is 5.91 Å². The molecule has 1 N–H and O–H groups in total. The molecule has 0 unspecified atom stereocenters. The van der Waals surface area contributed by atoms with Gasteiger partial charge in [-0.1, -0.05) is 44.7 Å². The second-order valence-electron chi connectivity index (χ2n) is 5.79. The molecule has 0 fully saturated rings. The van der Waals surface area contributed by atoms with Gasteiger partial charge in [0.15, 0.2) is 5.58 Å². The number of carbonyl (C=O) groups excluding carboxylic acids is 1. The summed E-state index contributed by atoms with van der Waals surface area (Å²) in [6, 6.07) is 4.93. The van der Waals surface area contributed by atoms with Crippen LogP contribution in [0.1, 0.15) is 39.5 Å². The van der Waals surface area contributed by atoms with E-state index in [-0.39, 0.29) is 12.5 Å². The van der Waals surface area contributed by atoms with Gasteiger partial charge in [-0.15, -0.1) is 0 Å². The van der Waals surface area contributed by atoms with Gasteiger partial charge < -0.3 is 9.73 Å². The second-order valence-corrected chi connectivity index (χ2v) is 6.22. The Balaban J connectivity index is 2.00. The van der Waals surface area contributed by atoms with E-state index in [1.807, 2.05) is 0 Å². The number of halogens is 1. The second kappa shape index (κ2) is 8.20. The summed E-state index contributed by atoms with van der Waals surface area (Å²) in [7, 11) is 0. The predicted octanol–water partition coefficient (Wildman–Crippen LogP) is 3.58. The van der Waals surface area contributed by atoms with Crippen molar-refractivity contribution in [3.05, 3.63) is 33.8 Å². The Kier molecular flexibility index (Phi) is 6.28. The Bertz CT molecular complexity index is 720. The molecule has 6 heteroatoms. The van der Waals surface area contributed by atoms with Crippen molar-refractivity contribution in [2.24, 2.45) is 5.92 Å². The molecule has 1 aromatic heterocycles. The first-order valence-electron chi connectivity index (χ1n) is 8.10. The minimum Gasteiger partial charge on any atom is -0.408 e. The molecule has 126 valence electrons. The summed E-state index contributed by atoms with van der Waals surface area (Å²) in [4.78, 5) is 24.0. The third-order valence-corrected chi connectivity index (χ3v) is 4.30. The molecule has 0 saturated heterocycles. The third-order valence-electron chi connectivity index (χ3n) is 4.06. The normalized spacial score (nSPS) is 12.5. The van der Waals surface area contributed by atoms with Crippen LogP contribution in [0.25, 0.3) is 11.1 Å². The van der Waals surface area contributed by atoms with Crippen LogP contribution < -0.4 is 11.1 Å². The maximum absolute atomic E-state index is 12.1. The Morgan fingerprint density at radius 2 is 2.17 bits per heavy atom. The van der Waals surface area contributed by atoms with Crippen LogP contribution >= 0.6 is 11.6 Å². The van der Waals surface area contributed by atoms with Crippen molar-refractivity contribution in [1.82, 2.24) is 9.88 Å². The van der Waals surface area contributed by atoms with Gasteiger partial charge in [0.05, 0.1) is 5.52 Å². The van der Waals surface area contributed by atoms with Gasteiger partial charge in [0, 0.05) is 17.6 Å². The number of hydrogen-bond donors (Lipinski definition) is 1. The molecule has 1 amide bonds. The Hall–Kier alpha value is -1.75. The molecule has 0 aliphatic rings. The highest BCUT2D eigenvalue weighted by Crippen LogP contribution is 2.18. The smallest absolute Gasteiger partial charge is 0.408 e. The number of oxazole rings is 1. The molecule has 0 radical (unpaired) electrons. The van der Waals surface area contributed by atoms with E-state index in [1.165, 1.54) is 11.0 Å². The van der Waals surface area contributed by atoms with Crippen LogP contribution in [-0.4, -0.2) is 17.0 Å². The first-order valence-corrected chi connectivity index (χ1v) is 8.48. The summed E-state index contributed by atoms with van der Waals surface area (Å²) in [5, 5.41) is 3.41. The first kappa shape index (κ1) is 17.6. The lowest BCUT2D eigenvalue weighted by Gasteiger charge is -2.15.